The van der Waals surface area contributed by atoms with Gasteiger partial charge in [-0.25, -0.2) is 4.98 Å². The summed E-state index contributed by atoms with van der Waals surface area (Å²) in [5.74, 6) is 0.00222. The van der Waals surface area contributed by atoms with Crippen LogP contribution < -0.4 is 0 Å². The molecule has 2 aromatic rings. The van der Waals surface area contributed by atoms with Crippen LogP contribution in [-0.4, -0.2) is 15.8 Å². The molecule has 3 nitrogen and oxygen atoms in total. The lowest BCUT2D eigenvalue weighted by Gasteiger charge is -2.03. The molecule has 0 bridgehead atoms. The summed E-state index contributed by atoms with van der Waals surface area (Å²) in [5.41, 5.74) is 2.59. The Kier molecular flexibility index (Phi) is 3.05. The van der Waals surface area contributed by atoms with Gasteiger partial charge in [-0.1, -0.05) is 24.3 Å². The summed E-state index contributed by atoms with van der Waals surface area (Å²) < 4.78 is 0. The Hall–Kier alpha value is -2.03. The number of benzene rings is 1. The van der Waals surface area contributed by atoms with Gasteiger partial charge in [-0.05, 0) is 18.1 Å². The quantitative estimate of drug-likeness (QED) is 0.732. The number of ketones is 1. The summed E-state index contributed by atoms with van der Waals surface area (Å²) in [6.45, 7) is 2.00. The van der Waals surface area contributed by atoms with E-state index in [9.17, 15) is 4.79 Å². The normalized spacial score (nSPS) is 10.1. The summed E-state index contributed by atoms with van der Waals surface area (Å²) >= 11 is 0. The third-order valence-corrected chi connectivity index (χ3v) is 2.46. The van der Waals surface area contributed by atoms with Crippen LogP contribution in [-0.2, 0) is 6.42 Å². The Labute approximate surface area is 94.2 Å². The molecule has 0 aliphatic heterocycles. The average molecular weight is 212 g/mol. The van der Waals surface area contributed by atoms with Crippen LogP contribution in [0.1, 0.15) is 21.6 Å². The first kappa shape index (κ1) is 10.5. The number of nitrogens with zero attached hydrogens (tertiary/aromatic N) is 2. The van der Waals surface area contributed by atoms with Gasteiger partial charge in [0, 0.05) is 18.8 Å². The molecule has 3 heteroatoms. The number of aromatic nitrogens is 2. The topological polar surface area (TPSA) is 42.9 Å². The van der Waals surface area contributed by atoms with Gasteiger partial charge in [-0.3, -0.25) is 9.78 Å². The third-order valence-electron chi connectivity index (χ3n) is 2.46. The molecule has 1 aromatic heterocycles. The molecule has 0 fully saturated rings. The zero-order valence-electron chi connectivity index (χ0n) is 9.05. The molecule has 0 atom stereocenters. The van der Waals surface area contributed by atoms with Crippen molar-refractivity contribution in [2.75, 3.05) is 0 Å². The van der Waals surface area contributed by atoms with E-state index >= 15 is 0 Å². The number of carbonyl (C=O) groups is 1. The average Bonchev–Trinajstić information content (AvgIpc) is 2.33. The maximum absolute atomic E-state index is 11.9. The van der Waals surface area contributed by atoms with Crippen LogP contribution in [0.3, 0.4) is 0 Å². The van der Waals surface area contributed by atoms with Crippen molar-refractivity contribution in [3.8, 4) is 0 Å². The second-order valence-electron chi connectivity index (χ2n) is 3.62. The van der Waals surface area contributed by atoms with E-state index in [0.717, 1.165) is 11.1 Å². The van der Waals surface area contributed by atoms with Gasteiger partial charge >= 0.3 is 0 Å². The summed E-state index contributed by atoms with van der Waals surface area (Å²) in [5, 5.41) is 0. The van der Waals surface area contributed by atoms with Crippen LogP contribution in [0, 0.1) is 6.92 Å². The Bertz CT molecular complexity index is 494. The minimum Gasteiger partial charge on any atom is -0.292 e. The third kappa shape index (κ3) is 2.31. The minimum atomic E-state index is 0.00222. The van der Waals surface area contributed by atoms with Gasteiger partial charge < -0.3 is 0 Å². The number of rotatable bonds is 3. The first-order valence-electron chi connectivity index (χ1n) is 5.11. The number of carbonyl (C=O) groups excluding carboxylic acids is 1. The molecule has 1 aromatic carbocycles. The van der Waals surface area contributed by atoms with Crippen LogP contribution in [0.25, 0.3) is 0 Å². The second kappa shape index (κ2) is 4.66. The van der Waals surface area contributed by atoms with Gasteiger partial charge in [0.1, 0.15) is 5.69 Å². The van der Waals surface area contributed by atoms with E-state index in [4.69, 9.17) is 0 Å². The van der Waals surface area contributed by atoms with Gasteiger partial charge in [0.2, 0.25) is 0 Å². The molecule has 0 radical (unpaired) electrons. The summed E-state index contributed by atoms with van der Waals surface area (Å²) in [6.07, 6.45) is 4.97. The highest BCUT2D eigenvalue weighted by Crippen LogP contribution is 2.10. The Morgan fingerprint density at radius 2 is 2.06 bits per heavy atom. The molecule has 0 aliphatic rings. The summed E-state index contributed by atoms with van der Waals surface area (Å²) in [7, 11) is 0. The second-order valence-corrected chi connectivity index (χ2v) is 3.62. The van der Waals surface area contributed by atoms with Crippen molar-refractivity contribution in [2.45, 2.75) is 13.3 Å². The molecule has 0 N–H and O–H groups in total. The van der Waals surface area contributed by atoms with E-state index < -0.39 is 0 Å². The van der Waals surface area contributed by atoms with Gasteiger partial charge in [0.25, 0.3) is 0 Å². The zero-order chi connectivity index (χ0) is 11.4. The van der Waals surface area contributed by atoms with Gasteiger partial charge in [-0.2, -0.15) is 0 Å². The highest BCUT2D eigenvalue weighted by atomic mass is 16.1. The number of hydrogen-bond donors (Lipinski definition) is 0. The van der Waals surface area contributed by atoms with Crippen molar-refractivity contribution in [3.63, 3.8) is 0 Å². The number of Topliss-reactive ketones (excluding diaryl/α,β-unsaturated/α-hetero) is 1. The van der Waals surface area contributed by atoms with Crippen molar-refractivity contribution < 1.29 is 4.79 Å². The molecule has 0 amide bonds. The van der Waals surface area contributed by atoms with E-state index in [1.807, 2.05) is 31.2 Å². The molecule has 16 heavy (non-hydrogen) atoms. The lowest BCUT2D eigenvalue weighted by molar-refractivity contribution is 0.0987. The molecule has 0 unspecified atom stereocenters. The van der Waals surface area contributed by atoms with Crippen molar-refractivity contribution >= 4 is 5.78 Å². The fourth-order valence-electron chi connectivity index (χ4n) is 1.52. The fourth-order valence-corrected chi connectivity index (χ4v) is 1.52. The Morgan fingerprint density at radius 3 is 2.75 bits per heavy atom. The zero-order valence-corrected chi connectivity index (χ0v) is 9.05. The van der Waals surface area contributed by atoms with Crippen molar-refractivity contribution in [1.82, 2.24) is 9.97 Å². The van der Waals surface area contributed by atoms with Gasteiger partial charge in [-0.15, -0.1) is 0 Å². The van der Waals surface area contributed by atoms with Gasteiger partial charge in [0.05, 0.1) is 6.20 Å². The largest absolute Gasteiger partial charge is 0.292 e. The molecular weight excluding hydrogens is 200 g/mol. The van der Waals surface area contributed by atoms with Crippen molar-refractivity contribution in [1.29, 1.82) is 0 Å². The fraction of sp³-hybridized carbons (Fsp3) is 0.154. The van der Waals surface area contributed by atoms with Crippen molar-refractivity contribution in [3.05, 3.63) is 59.7 Å². The van der Waals surface area contributed by atoms with Crippen LogP contribution in [0.15, 0.2) is 42.9 Å². The standard InChI is InChI=1S/C13H12N2O/c1-10-4-2-3-5-11(10)8-13(16)12-9-14-6-7-15-12/h2-7,9H,8H2,1H3. The summed E-state index contributed by atoms with van der Waals surface area (Å²) in [6, 6.07) is 7.86. The van der Waals surface area contributed by atoms with E-state index in [1.54, 1.807) is 6.20 Å². The minimum absolute atomic E-state index is 0.00222. The number of aryl methyl sites for hydroxylation is 1. The highest BCUT2D eigenvalue weighted by Gasteiger charge is 2.09. The monoisotopic (exact) mass is 212 g/mol. The SMILES string of the molecule is Cc1ccccc1CC(=O)c1cnccn1. The lowest BCUT2D eigenvalue weighted by atomic mass is 10.0. The van der Waals surface area contributed by atoms with Crippen molar-refractivity contribution in [2.24, 2.45) is 0 Å². The molecule has 0 spiro atoms. The predicted octanol–water partition coefficient (Wildman–Crippen LogP) is 2.21. The molecule has 0 aliphatic carbocycles. The van der Waals surface area contributed by atoms with Gasteiger partial charge in [0.15, 0.2) is 5.78 Å². The molecule has 1 heterocycles. The molecule has 0 saturated heterocycles. The first-order chi connectivity index (χ1) is 7.77. The maximum Gasteiger partial charge on any atom is 0.187 e. The Balaban J connectivity index is 2.18. The first-order valence-corrected chi connectivity index (χ1v) is 5.11. The van der Waals surface area contributed by atoms with E-state index in [0.29, 0.717) is 12.1 Å². The van der Waals surface area contributed by atoms with Crippen LogP contribution in [0.2, 0.25) is 0 Å². The van der Waals surface area contributed by atoms with E-state index in [1.165, 1.54) is 12.4 Å². The number of hydrogen-bond acceptors (Lipinski definition) is 3. The molecular formula is C13H12N2O. The maximum atomic E-state index is 11.9. The highest BCUT2D eigenvalue weighted by molar-refractivity contribution is 5.95. The smallest absolute Gasteiger partial charge is 0.187 e. The molecule has 80 valence electrons. The Morgan fingerprint density at radius 1 is 1.25 bits per heavy atom. The van der Waals surface area contributed by atoms with Crippen LogP contribution in [0.5, 0.6) is 0 Å². The van der Waals surface area contributed by atoms with Crippen LogP contribution in [0.4, 0.5) is 0 Å². The summed E-state index contributed by atoms with van der Waals surface area (Å²) in [4.78, 5) is 19.7. The lowest BCUT2D eigenvalue weighted by Crippen LogP contribution is -2.07. The molecule has 2 rings (SSSR count). The van der Waals surface area contributed by atoms with Crippen LogP contribution >= 0.6 is 0 Å². The van der Waals surface area contributed by atoms with E-state index in [2.05, 4.69) is 9.97 Å². The predicted molar refractivity (Wildman–Crippen MR) is 61.2 cm³/mol. The van der Waals surface area contributed by atoms with E-state index in [-0.39, 0.29) is 5.78 Å². The molecule has 0 saturated carbocycles.